The average Bonchev–Trinajstić information content (AvgIpc) is 2.46. The van der Waals surface area contributed by atoms with Gasteiger partial charge in [0.05, 0.1) is 5.30 Å². The van der Waals surface area contributed by atoms with Crippen molar-refractivity contribution in [2.45, 2.75) is 27.2 Å². The minimum absolute atomic E-state index is 0.146. The molecule has 0 saturated heterocycles. The normalized spacial score (nSPS) is 11.6. The van der Waals surface area contributed by atoms with Gasteiger partial charge >= 0.3 is 7.60 Å². The first-order chi connectivity index (χ1) is 10.6. The van der Waals surface area contributed by atoms with E-state index in [-0.39, 0.29) is 22.4 Å². The molecule has 0 unspecified atom stereocenters. The third-order valence-electron chi connectivity index (χ3n) is 3.50. The Balaban J connectivity index is 2.46. The van der Waals surface area contributed by atoms with E-state index in [0.717, 1.165) is 0 Å². The molecular formula is C16H17F2O4P. The van der Waals surface area contributed by atoms with Crippen LogP contribution in [0.25, 0.3) is 0 Å². The first-order valence-corrected chi connectivity index (χ1v) is 8.58. The van der Waals surface area contributed by atoms with Gasteiger partial charge in [-0.25, -0.2) is 4.39 Å². The summed E-state index contributed by atoms with van der Waals surface area (Å²) in [6, 6.07) is 5.34. The summed E-state index contributed by atoms with van der Waals surface area (Å²) in [5, 5.41) is -0.146. The number of rotatable bonds is 4. The molecule has 0 aliphatic carbocycles. The van der Waals surface area contributed by atoms with Crippen molar-refractivity contribution in [1.29, 1.82) is 0 Å². The Morgan fingerprint density at radius 1 is 1.09 bits per heavy atom. The highest BCUT2D eigenvalue weighted by molar-refractivity contribution is 7.60. The molecule has 2 aromatic rings. The number of benzene rings is 2. The lowest BCUT2D eigenvalue weighted by Crippen LogP contribution is -2.07. The molecule has 2 aromatic carbocycles. The highest BCUT2D eigenvalue weighted by Gasteiger charge is 2.21. The highest BCUT2D eigenvalue weighted by atomic mass is 31.2. The maximum Gasteiger partial charge on any atom is 0.356 e. The van der Waals surface area contributed by atoms with E-state index in [2.05, 4.69) is 0 Å². The largest absolute Gasteiger partial charge is 0.454 e. The topological polar surface area (TPSA) is 66.8 Å². The molecule has 0 fully saturated rings. The van der Waals surface area contributed by atoms with Crippen LogP contribution in [0.4, 0.5) is 8.78 Å². The van der Waals surface area contributed by atoms with E-state index in [1.165, 1.54) is 24.3 Å². The van der Waals surface area contributed by atoms with Gasteiger partial charge in [0.1, 0.15) is 5.75 Å². The van der Waals surface area contributed by atoms with Gasteiger partial charge in [0.15, 0.2) is 11.6 Å². The van der Waals surface area contributed by atoms with E-state index in [4.69, 9.17) is 4.74 Å². The lowest BCUT2D eigenvalue weighted by Gasteiger charge is -2.15. The fourth-order valence-corrected chi connectivity index (χ4v) is 3.01. The Kier molecular flexibility index (Phi) is 4.90. The Morgan fingerprint density at radius 2 is 1.65 bits per heavy atom. The molecule has 0 aliphatic rings. The van der Waals surface area contributed by atoms with Crippen LogP contribution in [0, 0.1) is 25.5 Å². The van der Waals surface area contributed by atoms with Crippen LogP contribution in [-0.4, -0.2) is 9.79 Å². The van der Waals surface area contributed by atoms with E-state index >= 15 is 0 Å². The third-order valence-corrected chi connectivity index (χ3v) is 4.43. The quantitative estimate of drug-likeness (QED) is 0.831. The van der Waals surface area contributed by atoms with E-state index in [9.17, 15) is 23.1 Å². The lowest BCUT2D eigenvalue weighted by atomic mass is 10.1. The predicted molar refractivity (Wildman–Crippen MR) is 83.4 cm³/mol. The summed E-state index contributed by atoms with van der Waals surface area (Å²) in [6.45, 7) is 4.87. The van der Waals surface area contributed by atoms with Crippen LogP contribution >= 0.6 is 7.60 Å². The van der Waals surface area contributed by atoms with Crippen LogP contribution in [0.3, 0.4) is 0 Å². The van der Waals surface area contributed by atoms with Crippen LogP contribution in [0.5, 0.6) is 11.5 Å². The number of ether oxygens (including phenoxy) is 1. The monoisotopic (exact) mass is 342 g/mol. The molecule has 0 spiro atoms. The molecule has 0 bridgehead atoms. The van der Waals surface area contributed by atoms with E-state index < -0.39 is 19.2 Å². The standard InChI is InChI=1S/C16H17F2O4P/c1-4-11-5-6-13(15(18)14(11)17)22-16-9(2)7-12(8-10(16)3)23(19,20)21/h5-8H,4H2,1-3H3,(H2,19,20,21). The van der Waals surface area contributed by atoms with E-state index in [0.29, 0.717) is 17.5 Å². The van der Waals surface area contributed by atoms with Crippen LogP contribution < -0.4 is 10.0 Å². The molecule has 0 aromatic heterocycles. The third kappa shape index (κ3) is 3.61. The minimum Gasteiger partial charge on any atom is -0.454 e. The summed E-state index contributed by atoms with van der Waals surface area (Å²) in [5.74, 6) is -2.06. The van der Waals surface area contributed by atoms with Crippen molar-refractivity contribution in [3.05, 3.63) is 52.6 Å². The molecule has 0 saturated carbocycles. The molecule has 0 aliphatic heterocycles. The molecule has 0 radical (unpaired) electrons. The van der Waals surface area contributed by atoms with Gasteiger partial charge in [-0.2, -0.15) is 4.39 Å². The van der Waals surface area contributed by atoms with Crippen molar-refractivity contribution in [3.63, 3.8) is 0 Å². The summed E-state index contributed by atoms with van der Waals surface area (Å²) in [6.07, 6.45) is 0.359. The Hall–Kier alpha value is -1.75. The molecular weight excluding hydrogens is 325 g/mol. The van der Waals surface area contributed by atoms with Crippen molar-refractivity contribution in [1.82, 2.24) is 0 Å². The number of aryl methyl sites for hydroxylation is 3. The van der Waals surface area contributed by atoms with E-state index in [1.807, 2.05) is 0 Å². The summed E-state index contributed by atoms with van der Waals surface area (Å²) < 4.78 is 44.6. The second kappa shape index (κ2) is 6.40. The van der Waals surface area contributed by atoms with Gasteiger partial charge in [-0.15, -0.1) is 0 Å². The lowest BCUT2D eigenvalue weighted by molar-refractivity contribution is 0.387. The second-order valence-corrected chi connectivity index (χ2v) is 6.86. The zero-order valence-corrected chi connectivity index (χ0v) is 13.8. The molecule has 2 N–H and O–H groups in total. The minimum atomic E-state index is -4.39. The molecule has 0 heterocycles. The molecule has 2 rings (SSSR count). The van der Waals surface area contributed by atoms with Gasteiger partial charge in [0.2, 0.25) is 5.82 Å². The van der Waals surface area contributed by atoms with E-state index in [1.54, 1.807) is 20.8 Å². The summed E-state index contributed by atoms with van der Waals surface area (Å²) in [4.78, 5) is 18.4. The number of hydrogen-bond donors (Lipinski definition) is 2. The second-order valence-electron chi connectivity index (χ2n) is 5.26. The zero-order valence-electron chi connectivity index (χ0n) is 12.9. The predicted octanol–water partition coefficient (Wildman–Crippen LogP) is 3.74. The van der Waals surface area contributed by atoms with Gasteiger partial charge in [-0.1, -0.05) is 13.0 Å². The maximum atomic E-state index is 14.0. The SMILES string of the molecule is CCc1ccc(Oc2c(C)cc(P(=O)(O)O)cc2C)c(F)c1F. The fraction of sp³-hybridized carbons (Fsp3) is 0.250. The summed E-state index contributed by atoms with van der Waals surface area (Å²) >= 11 is 0. The van der Waals surface area contributed by atoms with Crippen molar-refractivity contribution >= 4 is 12.9 Å². The van der Waals surface area contributed by atoms with Crippen molar-refractivity contribution in [2.75, 3.05) is 0 Å². The first-order valence-electron chi connectivity index (χ1n) is 6.97. The molecule has 7 heteroatoms. The number of hydrogen-bond acceptors (Lipinski definition) is 2. The van der Waals surface area contributed by atoms with Crippen LogP contribution in [0.1, 0.15) is 23.6 Å². The van der Waals surface area contributed by atoms with Crippen molar-refractivity contribution in [3.8, 4) is 11.5 Å². The molecule has 0 amide bonds. The average molecular weight is 342 g/mol. The molecule has 23 heavy (non-hydrogen) atoms. The van der Waals surface area contributed by atoms with Crippen molar-refractivity contribution < 1.29 is 27.9 Å². The Bertz CT molecular complexity index is 776. The van der Waals surface area contributed by atoms with Gasteiger partial charge in [-0.05, 0) is 55.2 Å². The van der Waals surface area contributed by atoms with Crippen molar-refractivity contribution in [2.24, 2.45) is 0 Å². The van der Waals surface area contributed by atoms with Gasteiger partial charge in [0, 0.05) is 0 Å². The van der Waals surface area contributed by atoms with Crippen LogP contribution in [0.15, 0.2) is 24.3 Å². The highest BCUT2D eigenvalue weighted by Crippen LogP contribution is 2.37. The fourth-order valence-electron chi connectivity index (χ4n) is 2.29. The summed E-state index contributed by atoms with van der Waals surface area (Å²) in [7, 11) is -4.39. The molecule has 124 valence electrons. The van der Waals surface area contributed by atoms with Crippen LogP contribution in [0.2, 0.25) is 0 Å². The van der Waals surface area contributed by atoms with Gasteiger partial charge in [0.25, 0.3) is 0 Å². The first kappa shape index (κ1) is 17.6. The Morgan fingerprint density at radius 3 is 2.13 bits per heavy atom. The maximum absolute atomic E-state index is 14.0. The molecule has 0 atom stereocenters. The summed E-state index contributed by atoms with van der Waals surface area (Å²) in [5.41, 5.74) is 1.09. The van der Waals surface area contributed by atoms with Gasteiger partial charge < -0.3 is 14.5 Å². The molecule has 4 nitrogen and oxygen atoms in total. The zero-order chi connectivity index (χ0) is 17.4. The van der Waals surface area contributed by atoms with Gasteiger partial charge in [-0.3, -0.25) is 4.57 Å². The smallest absolute Gasteiger partial charge is 0.356 e. The van der Waals surface area contributed by atoms with Crippen LogP contribution in [-0.2, 0) is 11.0 Å². The number of halogens is 2. The Labute approximate surface area is 132 Å².